The van der Waals surface area contributed by atoms with E-state index < -0.39 is 0 Å². The van der Waals surface area contributed by atoms with Crippen LogP contribution in [0.2, 0.25) is 0 Å². The van der Waals surface area contributed by atoms with Gasteiger partial charge in [-0.05, 0) is 76.1 Å². The molecule has 0 aliphatic heterocycles. The highest BCUT2D eigenvalue weighted by Gasteiger charge is 2.33. The van der Waals surface area contributed by atoms with Gasteiger partial charge < -0.3 is 8.83 Å². The molecule has 0 radical (unpaired) electrons. The second kappa shape index (κ2) is 9.17. The molecule has 8 aromatic rings. The predicted octanol–water partition coefficient (Wildman–Crippen LogP) is 9.37. The van der Waals surface area contributed by atoms with Crippen molar-refractivity contribution in [1.29, 1.82) is 0 Å². The third-order valence-electron chi connectivity index (χ3n) is 8.77. The van der Waals surface area contributed by atoms with Gasteiger partial charge in [-0.2, -0.15) is 0 Å². The van der Waals surface area contributed by atoms with Crippen LogP contribution in [0.5, 0.6) is 0 Å². The van der Waals surface area contributed by atoms with Crippen LogP contribution in [0.4, 0.5) is 0 Å². The predicted molar refractivity (Wildman–Crippen MR) is 174 cm³/mol. The highest BCUT2D eigenvalue weighted by Crippen LogP contribution is 2.40. The number of benzene rings is 5. The summed E-state index contributed by atoms with van der Waals surface area (Å²) >= 11 is 0. The average molecular weight is 563 g/mol. The smallest absolute Gasteiger partial charge is 0.309 e. The lowest BCUT2D eigenvalue weighted by Gasteiger charge is -2.10. The van der Waals surface area contributed by atoms with E-state index in [4.69, 9.17) is 13.9 Å². The Kier molecular flexibility index (Phi) is 5.45. The summed E-state index contributed by atoms with van der Waals surface area (Å²) in [7, 11) is 2.11. The zero-order chi connectivity index (χ0) is 29.6. The van der Waals surface area contributed by atoms with Crippen molar-refractivity contribution in [3.63, 3.8) is 0 Å². The van der Waals surface area contributed by atoms with Crippen LogP contribution in [0.3, 0.4) is 0 Å². The van der Waals surface area contributed by atoms with E-state index in [0.717, 1.165) is 89.0 Å². The lowest BCUT2D eigenvalue weighted by Crippen LogP contribution is -2.32. The maximum absolute atomic E-state index is 6.62. The van der Waals surface area contributed by atoms with E-state index in [2.05, 4.69) is 112 Å². The molecule has 0 amide bonds. The highest BCUT2D eigenvalue weighted by atomic mass is 16.3. The van der Waals surface area contributed by atoms with E-state index in [0.29, 0.717) is 0 Å². The molecule has 0 atom stereocenters. The number of hydrogen-bond acceptors (Lipinski definition) is 3. The van der Waals surface area contributed by atoms with Gasteiger partial charge in [0.25, 0.3) is 5.82 Å². The van der Waals surface area contributed by atoms with Crippen LogP contribution in [-0.2, 0) is 7.05 Å². The van der Waals surface area contributed by atoms with Gasteiger partial charge in [0.05, 0.1) is 23.3 Å². The van der Waals surface area contributed by atoms with Gasteiger partial charge in [0.1, 0.15) is 22.3 Å². The molecular weight excluding hydrogens is 530 g/mol. The van der Waals surface area contributed by atoms with Crippen LogP contribution in [0.1, 0.15) is 27.8 Å². The van der Waals surface area contributed by atoms with E-state index in [1.54, 1.807) is 0 Å². The van der Waals surface area contributed by atoms with Crippen molar-refractivity contribution >= 4 is 43.9 Å². The lowest BCUT2D eigenvalue weighted by molar-refractivity contribution is -0.649. The first-order chi connectivity index (χ1) is 20.8. The maximum atomic E-state index is 6.62. The van der Waals surface area contributed by atoms with E-state index in [1.807, 2.05) is 24.3 Å². The molecule has 0 saturated carbocycles. The molecule has 0 aliphatic rings. The molecule has 3 heterocycles. The number of hydrogen-bond donors (Lipinski definition) is 0. The van der Waals surface area contributed by atoms with Gasteiger partial charge in [-0.3, -0.25) is 0 Å². The lowest BCUT2D eigenvalue weighted by atomic mass is 10.0. The normalized spacial score (nSPS) is 12.0. The third-order valence-corrected chi connectivity index (χ3v) is 8.77. The molecular formula is C38H32N3O2+. The Balaban J connectivity index is 1.51. The van der Waals surface area contributed by atoms with Crippen molar-refractivity contribution in [3.8, 4) is 28.5 Å². The van der Waals surface area contributed by atoms with Gasteiger partial charge >= 0.3 is 5.82 Å². The van der Waals surface area contributed by atoms with Gasteiger partial charge in [-0.1, -0.05) is 70.4 Å². The number of nitrogens with zero attached hydrogens (tertiary/aromatic N) is 3. The van der Waals surface area contributed by atoms with Crippen molar-refractivity contribution in [3.05, 3.63) is 113 Å². The Hall–Kier alpha value is -5.16. The van der Waals surface area contributed by atoms with Gasteiger partial charge in [0, 0.05) is 27.1 Å². The standard InChI is InChI=1S/C38H32N3O2/c1-21-17-22(2)19-26(18-21)37-39-41(34-24(4)20-30-28-12-8-10-14-32(28)42-35(30)25(34)5)38(40(37)6)33-23(3)15-16-29-27-11-7-9-13-31(27)43-36(29)33/h7-20H,1-6H3/q+1. The topological polar surface area (TPSA) is 48.0 Å². The Morgan fingerprint density at radius 2 is 1.26 bits per heavy atom. The molecule has 0 spiro atoms. The van der Waals surface area contributed by atoms with Crippen molar-refractivity contribution in [2.45, 2.75) is 34.6 Å². The van der Waals surface area contributed by atoms with Crippen molar-refractivity contribution in [2.24, 2.45) is 7.05 Å². The first kappa shape index (κ1) is 25.5. The molecule has 43 heavy (non-hydrogen) atoms. The second-order valence-corrected chi connectivity index (χ2v) is 11.9. The number of aromatic nitrogens is 3. The first-order valence-corrected chi connectivity index (χ1v) is 14.7. The van der Waals surface area contributed by atoms with Gasteiger partial charge in [0.15, 0.2) is 5.69 Å². The third kappa shape index (κ3) is 3.71. The molecule has 0 saturated heterocycles. The number of para-hydroxylation sites is 2. The fourth-order valence-corrected chi connectivity index (χ4v) is 6.90. The molecule has 0 N–H and O–H groups in total. The fourth-order valence-electron chi connectivity index (χ4n) is 6.90. The zero-order valence-electron chi connectivity index (χ0n) is 25.2. The molecule has 8 rings (SSSR count). The minimum absolute atomic E-state index is 0.866. The summed E-state index contributed by atoms with van der Waals surface area (Å²) in [5.74, 6) is 1.84. The molecule has 0 aliphatic carbocycles. The summed E-state index contributed by atoms with van der Waals surface area (Å²) in [5, 5.41) is 9.84. The summed E-state index contributed by atoms with van der Waals surface area (Å²) in [6.07, 6.45) is 0. The Morgan fingerprint density at radius 3 is 1.95 bits per heavy atom. The Morgan fingerprint density at radius 1 is 0.628 bits per heavy atom. The minimum Gasteiger partial charge on any atom is -0.456 e. The number of furan rings is 2. The van der Waals surface area contributed by atoms with Crippen molar-refractivity contribution < 1.29 is 13.4 Å². The summed E-state index contributed by atoms with van der Waals surface area (Å²) < 4.78 is 17.4. The molecule has 0 bridgehead atoms. The quantitative estimate of drug-likeness (QED) is 0.202. The van der Waals surface area contributed by atoms with Crippen LogP contribution >= 0.6 is 0 Å². The van der Waals surface area contributed by atoms with Crippen LogP contribution in [-0.4, -0.2) is 9.78 Å². The highest BCUT2D eigenvalue weighted by molar-refractivity contribution is 6.10. The Labute approximate surface area is 249 Å². The molecule has 0 fully saturated rings. The van der Waals surface area contributed by atoms with Crippen molar-refractivity contribution in [1.82, 2.24) is 9.78 Å². The SMILES string of the molecule is Cc1cc(C)cc(-c2nn(-c3c(C)cc4c(oc5ccccc54)c3C)c(-c3c(C)ccc4c3oc3ccccc34)[n+]2C)c1. The average Bonchev–Trinajstić information content (AvgIpc) is 3.64. The van der Waals surface area contributed by atoms with Crippen LogP contribution in [0, 0.1) is 34.6 Å². The summed E-state index contributed by atoms with van der Waals surface area (Å²) in [4.78, 5) is 0. The largest absolute Gasteiger partial charge is 0.456 e. The molecule has 5 nitrogen and oxygen atoms in total. The van der Waals surface area contributed by atoms with E-state index >= 15 is 0 Å². The molecule has 5 aromatic carbocycles. The number of rotatable bonds is 3. The monoisotopic (exact) mass is 562 g/mol. The second-order valence-electron chi connectivity index (χ2n) is 11.9. The summed E-state index contributed by atoms with van der Waals surface area (Å²) in [6, 6.07) is 29.7. The van der Waals surface area contributed by atoms with Gasteiger partial charge in [-0.15, -0.1) is 0 Å². The van der Waals surface area contributed by atoms with Crippen LogP contribution < -0.4 is 4.57 Å². The van der Waals surface area contributed by atoms with Crippen LogP contribution in [0.15, 0.2) is 93.8 Å². The Bertz CT molecular complexity index is 2400. The van der Waals surface area contributed by atoms with Crippen molar-refractivity contribution in [2.75, 3.05) is 0 Å². The zero-order valence-corrected chi connectivity index (χ0v) is 25.2. The van der Waals surface area contributed by atoms with E-state index in [9.17, 15) is 0 Å². The fraction of sp³-hybridized carbons (Fsp3) is 0.158. The maximum Gasteiger partial charge on any atom is 0.309 e. The first-order valence-electron chi connectivity index (χ1n) is 14.7. The van der Waals surface area contributed by atoms with Gasteiger partial charge in [-0.25, -0.2) is 4.57 Å². The van der Waals surface area contributed by atoms with E-state index in [1.165, 1.54) is 11.1 Å². The molecule has 210 valence electrons. The van der Waals surface area contributed by atoms with E-state index in [-0.39, 0.29) is 0 Å². The number of fused-ring (bicyclic) bond motifs is 6. The molecule has 0 unspecified atom stereocenters. The minimum atomic E-state index is 0.866. The molecule has 3 aromatic heterocycles. The van der Waals surface area contributed by atoms with Crippen LogP contribution in [0.25, 0.3) is 72.3 Å². The van der Waals surface area contributed by atoms with Gasteiger partial charge in [0.2, 0.25) is 0 Å². The number of aryl methyl sites for hydroxylation is 5. The summed E-state index contributed by atoms with van der Waals surface area (Å²) in [5.41, 5.74) is 12.4. The summed E-state index contributed by atoms with van der Waals surface area (Å²) in [6.45, 7) is 10.7. The molecule has 5 heteroatoms.